The molecule has 7 nitrogen and oxygen atoms in total. The Kier molecular flexibility index (Phi) is 8.37. The first kappa shape index (κ1) is 23.8. The third kappa shape index (κ3) is 6.81. The fourth-order valence-electron chi connectivity index (χ4n) is 2.88. The van der Waals surface area contributed by atoms with Gasteiger partial charge in [0, 0.05) is 39.3 Å². The lowest BCUT2D eigenvalue weighted by Crippen LogP contribution is -2.32. The molecule has 0 saturated heterocycles. The highest BCUT2D eigenvalue weighted by Gasteiger charge is 2.19. The Morgan fingerprint density at radius 2 is 1.73 bits per heavy atom. The Bertz CT molecular complexity index is 963. The lowest BCUT2D eigenvalue weighted by Gasteiger charge is -2.23. The SMILES string of the molecule is COc1ccc(N(CCCC(=O)NCc2ccc(N(C)C)cc2)S(C)(=O)=O)cc1Cl. The van der Waals surface area contributed by atoms with Crippen LogP contribution in [0.5, 0.6) is 5.75 Å². The number of halogens is 1. The molecule has 1 N–H and O–H groups in total. The topological polar surface area (TPSA) is 79.0 Å². The summed E-state index contributed by atoms with van der Waals surface area (Å²) in [5.41, 5.74) is 2.52. The van der Waals surface area contributed by atoms with Crippen molar-refractivity contribution in [2.24, 2.45) is 0 Å². The van der Waals surface area contributed by atoms with E-state index in [9.17, 15) is 13.2 Å². The van der Waals surface area contributed by atoms with Crippen molar-refractivity contribution >= 4 is 38.9 Å². The van der Waals surface area contributed by atoms with Crippen molar-refractivity contribution in [3.05, 3.63) is 53.1 Å². The molecular weight excluding hydrogens is 426 g/mol. The number of ether oxygens (including phenoxy) is 1. The minimum atomic E-state index is -3.52. The molecule has 0 spiro atoms. The van der Waals surface area contributed by atoms with Crippen molar-refractivity contribution < 1.29 is 17.9 Å². The zero-order valence-electron chi connectivity index (χ0n) is 17.7. The van der Waals surface area contributed by atoms with Crippen LogP contribution in [0.4, 0.5) is 11.4 Å². The molecule has 2 aromatic rings. The molecule has 0 atom stereocenters. The second-order valence-electron chi connectivity index (χ2n) is 7.10. The number of methoxy groups -OCH3 is 1. The average Bonchev–Trinajstić information content (AvgIpc) is 2.69. The van der Waals surface area contributed by atoms with Crippen LogP contribution in [0.15, 0.2) is 42.5 Å². The number of nitrogens with one attached hydrogen (secondary N) is 1. The Morgan fingerprint density at radius 1 is 1.10 bits per heavy atom. The van der Waals surface area contributed by atoms with Crippen molar-refractivity contribution in [2.75, 3.05) is 43.2 Å². The summed E-state index contributed by atoms with van der Waals surface area (Å²) in [6.07, 6.45) is 1.72. The van der Waals surface area contributed by atoms with Crippen LogP contribution in [-0.4, -0.2) is 48.3 Å². The number of carbonyl (C=O) groups excluding carboxylic acids is 1. The summed E-state index contributed by atoms with van der Waals surface area (Å²) in [5.74, 6) is 0.333. The maximum absolute atomic E-state index is 12.2. The van der Waals surface area contributed by atoms with E-state index < -0.39 is 10.0 Å². The zero-order valence-corrected chi connectivity index (χ0v) is 19.3. The van der Waals surface area contributed by atoms with Gasteiger partial charge in [0.2, 0.25) is 15.9 Å². The Morgan fingerprint density at radius 3 is 2.27 bits per heavy atom. The van der Waals surface area contributed by atoms with Crippen LogP contribution >= 0.6 is 11.6 Å². The molecule has 0 radical (unpaired) electrons. The van der Waals surface area contributed by atoms with Crippen LogP contribution in [-0.2, 0) is 21.4 Å². The van der Waals surface area contributed by atoms with E-state index in [0.29, 0.717) is 29.4 Å². The van der Waals surface area contributed by atoms with Gasteiger partial charge in [-0.2, -0.15) is 0 Å². The molecule has 9 heteroatoms. The number of amides is 1. The van der Waals surface area contributed by atoms with Crippen molar-refractivity contribution in [1.82, 2.24) is 5.32 Å². The van der Waals surface area contributed by atoms with Crippen LogP contribution in [0.2, 0.25) is 5.02 Å². The molecule has 30 heavy (non-hydrogen) atoms. The molecule has 164 valence electrons. The number of anilines is 2. The summed E-state index contributed by atoms with van der Waals surface area (Å²) < 4.78 is 30.8. The Hall–Kier alpha value is -2.45. The zero-order chi connectivity index (χ0) is 22.3. The molecule has 0 aliphatic heterocycles. The summed E-state index contributed by atoms with van der Waals surface area (Å²) in [6, 6.07) is 12.7. The van der Waals surface area contributed by atoms with Gasteiger partial charge in [-0.25, -0.2) is 8.42 Å². The van der Waals surface area contributed by atoms with Crippen LogP contribution < -0.4 is 19.3 Å². The number of nitrogens with zero attached hydrogens (tertiary/aromatic N) is 2. The van der Waals surface area contributed by atoms with E-state index in [1.807, 2.05) is 43.3 Å². The fraction of sp³-hybridized carbons (Fsp3) is 0.381. The monoisotopic (exact) mass is 453 g/mol. The highest BCUT2D eigenvalue weighted by molar-refractivity contribution is 7.92. The molecule has 0 aromatic heterocycles. The maximum Gasteiger partial charge on any atom is 0.232 e. The number of hydrogen-bond donors (Lipinski definition) is 1. The minimum absolute atomic E-state index is 0.132. The first-order valence-corrected chi connectivity index (χ1v) is 11.7. The fourth-order valence-corrected chi connectivity index (χ4v) is 4.09. The van der Waals surface area contributed by atoms with E-state index in [0.717, 1.165) is 17.5 Å². The number of sulfonamides is 1. The lowest BCUT2D eigenvalue weighted by atomic mass is 10.2. The molecule has 0 heterocycles. The predicted octanol–water partition coefficient (Wildman–Crippen LogP) is 3.28. The second-order valence-corrected chi connectivity index (χ2v) is 9.41. The van der Waals surface area contributed by atoms with Crippen LogP contribution in [0, 0.1) is 0 Å². The van der Waals surface area contributed by atoms with Gasteiger partial charge in [-0.15, -0.1) is 0 Å². The molecule has 0 aliphatic rings. The van der Waals surface area contributed by atoms with Crippen molar-refractivity contribution in [3.8, 4) is 5.75 Å². The highest BCUT2D eigenvalue weighted by atomic mass is 35.5. The van der Waals surface area contributed by atoms with Crippen molar-refractivity contribution in [2.45, 2.75) is 19.4 Å². The molecule has 0 bridgehead atoms. The van der Waals surface area contributed by atoms with Crippen LogP contribution in [0.3, 0.4) is 0 Å². The quantitative estimate of drug-likeness (QED) is 0.597. The summed E-state index contributed by atoms with van der Waals surface area (Å²) in [6.45, 7) is 0.600. The number of carbonyl (C=O) groups is 1. The number of benzene rings is 2. The van der Waals surface area contributed by atoms with E-state index in [4.69, 9.17) is 16.3 Å². The number of hydrogen-bond acceptors (Lipinski definition) is 5. The average molecular weight is 454 g/mol. The van der Waals surface area contributed by atoms with Gasteiger partial charge in [-0.05, 0) is 42.3 Å². The van der Waals surface area contributed by atoms with Crippen LogP contribution in [0.25, 0.3) is 0 Å². The van der Waals surface area contributed by atoms with Gasteiger partial charge >= 0.3 is 0 Å². The molecule has 0 fully saturated rings. The van der Waals surface area contributed by atoms with E-state index >= 15 is 0 Å². The second kappa shape index (κ2) is 10.5. The van der Waals surface area contributed by atoms with Gasteiger partial charge in [-0.3, -0.25) is 9.10 Å². The third-order valence-corrected chi connectivity index (χ3v) is 6.02. The van der Waals surface area contributed by atoms with Gasteiger partial charge in [0.1, 0.15) is 5.75 Å². The van der Waals surface area contributed by atoms with Gasteiger partial charge in [0.25, 0.3) is 0 Å². The molecule has 0 saturated carbocycles. The van der Waals surface area contributed by atoms with Crippen LogP contribution in [0.1, 0.15) is 18.4 Å². The van der Waals surface area contributed by atoms with E-state index in [-0.39, 0.29) is 18.9 Å². The summed E-state index contributed by atoms with van der Waals surface area (Å²) in [5, 5.41) is 3.19. The maximum atomic E-state index is 12.2. The Labute approximate surface area is 183 Å². The first-order chi connectivity index (χ1) is 14.1. The molecule has 2 rings (SSSR count). The number of rotatable bonds is 10. The first-order valence-electron chi connectivity index (χ1n) is 9.46. The molecule has 1 amide bonds. The third-order valence-electron chi connectivity index (χ3n) is 4.53. The predicted molar refractivity (Wildman–Crippen MR) is 122 cm³/mol. The summed E-state index contributed by atoms with van der Waals surface area (Å²) >= 11 is 6.12. The van der Waals surface area contributed by atoms with Crippen molar-refractivity contribution in [1.29, 1.82) is 0 Å². The van der Waals surface area contributed by atoms with Gasteiger partial charge in [-0.1, -0.05) is 23.7 Å². The molecule has 0 unspecified atom stereocenters. The largest absolute Gasteiger partial charge is 0.495 e. The smallest absolute Gasteiger partial charge is 0.232 e. The van der Waals surface area contributed by atoms with E-state index in [1.54, 1.807) is 18.2 Å². The van der Waals surface area contributed by atoms with Gasteiger partial charge in [0.15, 0.2) is 0 Å². The molecular formula is C21H28ClN3O4S. The normalized spacial score (nSPS) is 11.1. The minimum Gasteiger partial charge on any atom is -0.495 e. The van der Waals surface area contributed by atoms with E-state index in [1.165, 1.54) is 11.4 Å². The van der Waals surface area contributed by atoms with Crippen molar-refractivity contribution in [3.63, 3.8) is 0 Å². The molecule has 0 aliphatic carbocycles. The highest BCUT2D eigenvalue weighted by Crippen LogP contribution is 2.30. The van der Waals surface area contributed by atoms with E-state index in [2.05, 4.69) is 5.32 Å². The summed E-state index contributed by atoms with van der Waals surface area (Å²) in [4.78, 5) is 14.2. The Balaban J connectivity index is 1.90. The van der Waals surface area contributed by atoms with Gasteiger partial charge < -0.3 is 15.0 Å². The summed E-state index contributed by atoms with van der Waals surface area (Å²) in [7, 11) is 1.91. The van der Waals surface area contributed by atoms with Gasteiger partial charge in [0.05, 0.1) is 24.1 Å². The lowest BCUT2D eigenvalue weighted by molar-refractivity contribution is -0.121. The molecule has 2 aromatic carbocycles. The standard InChI is InChI=1S/C21H28ClN3O4S/c1-24(2)17-9-7-16(8-10-17)15-23-21(26)6-5-13-25(30(4,27)28)18-11-12-20(29-3)19(22)14-18/h7-12,14H,5-6,13,15H2,1-4H3,(H,23,26).